The molecule has 0 fully saturated rings. The van der Waals surface area contributed by atoms with Crippen molar-refractivity contribution < 1.29 is 9.47 Å². The Bertz CT molecular complexity index is 758. The molecule has 4 heteroatoms. The van der Waals surface area contributed by atoms with E-state index in [0.717, 1.165) is 25.8 Å². The highest BCUT2D eigenvalue weighted by Crippen LogP contribution is 2.31. The number of para-hydroxylation sites is 1. The van der Waals surface area contributed by atoms with Crippen molar-refractivity contribution in [3.8, 4) is 17.4 Å². The predicted octanol–water partition coefficient (Wildman–Crippen LogP) is 4.64. The summed E-state index contributed by atoms with van der Waals surface area (Å²) in [4.78, 5) is 4.33. The molecule has 0 saturated carbocycles. The molecule has 0 bridgehead atoms. The van der Waals surface area contributed by atoms with Gasteiger partial charge in [0.15, 0.2) is 0 Å². The quantitative estimate of drug-likeness (QED) is 0.624. The van der Waals surface area contributed by atoms with Gasteiger partial charge in [-0.15, -0.1) is 0 Å². The summed E-state index contributed by atoms with van der Waals surface area (Å²) in [5, 5.41) is 2.01. The molecule has 1 heterocycles. The van der Waals surface area contributed by atoms with Gasteiger partial charge in [0.2, 0.25) is 5.88 Å². The lowest BCUT2D eigenvalue weighted by atomic mass is 10.1. The Hall–Kier alpha value is -1.82. The number of hydrogen-bond acceptors (Lipinski definition) is 3. The Kier molecular flexibility index (Phi) is 3.73. The lowest BCUT2D eigenvalue weighted by Gasteiger charge is -2.09. The Morgan fingerprint density at radius 3 is 2.70 bits per heavy atom. The third kappa shape index (κ3) is 2.56. The van der Waals surface area contributed by atoms with E-state index in [1.807, 2.05) is 48.5 Å². The summed E-state index contributed by atoms with van der Waals surface area (Å²) < 4.78 is 12.2. The Morgan fingerprint density at radius 1 is 1.05 bits per heavy atom. The van der Waals surface area contributed by atoms with Gasteiger partial charge in [0.1, 0.15) is 11.5 Å². The Balaban J connectivity index is 2.06. The molecular weight excluding hydrogens is 365 g/mol. The molecule has 0 spiro atoms. The second kappa shape index (κ2) is 5.66. The molecule has 3 aromatic rings. The van der Waals surface area contributed by atoms with E-state index in [-0.39, 0.29) is 0 Å². The van der Waals surface area contributed by atoms with Crippen LogP contribution >= 0.6 is 22.6 Å². The van der Waals surface area contributed by atoms with E-state index in [9.17, 15) is 0 Å². The van der Waals surface area contributed by atoms with Crippen LogP contribution in [0, 0.1) is 3.57 Å². The number of hydrogen-bond donors (Lipinski definition) is 0. The van der Waals surface area contributed by atoms with E-state index in [0.29, 0.717) is 5.88 Å². The predicted molar refractivity (Wildman–Crippen MR) is 87.5 cm³/mol. The van der Waals surface area contributed by atoms with Crippen molar-refractivity contribution in [3.63, 3.8) is 0 Å². The van der Waals surface area contributed by atoms with Crippen LogP contribution in [0.2, 0.25) is 0 Å². The fraction of sp³-hybridized carbons (Fsp3) is 0.0625. The van der Waals surface area contributed by atoms with Crippen LogP contribution in [0.4, 0.5) is 0 Å². The average Bonchev–Trinajstić information content (AvgIpc) is 2.49. The van der Waals surface area contributed by atoms with Gasteiger partial charge in [0.05, 0.1) is 10.7 Å². The number of methoxy groups -OCH3 is 1. The minimum atomic E-state index is 0.606. The number of benzene rings is 2. The summed E-state index contributed by atoms with van der Waals surface area (Å²) in [6, 6.07) is 15.7. The van der Waals surface area contributed by atoms with Gasteiger partial charge in [-0.3, -0.25) is 0 Å². The summed E-state index contributed by atoms with van der Waals surface area (Å²) in [5.41, 5.74) is 0. The van der Waals surface area contributed by atoms with Crippen molar-refractivity contribution in [2.24, 2.45) is 0 Å². The number of halogens is 1. The summed E-state index contributed by atoms with van der Waals surface area (Å²) in [6.07, 6.45) is 1.74. The zero-order valence-electron chi connectivity index (χ0n) is 10.8. The molecule has 0 aliphatic rings. The number of nitrogens with zero attached hydrogens (tertiary/aromatic N) is 1. The van der Waals surface area contributed by atoms with Gasteiger partial charge in [0.25, 0.3) is 0 Å². The minimum absolute atomic E-state index is 0.606. The summed E-state index contributed by atoms with van der Waals surface area (Å²) in [5.74, 6) is 2.24. The molecule has 20 heavy (non-hydrogen) atoms. The van der Waals surface area contributed by atoms with Crippen LogP contribution in [-0.2, 0) is 0 Å². The fourth-order valence-corrected chi connectivity index (χ4v) is 2.47. The van der Waals surface area contributed by atoms with Gasteiger partial charge in [-0.05, 0) is 64.4 Å². The molecule has 0 amide bonds. The third-order valence-electron chi connectivity index (χ3n) is 2.98. The summed E-state index contributed by atoms with van der Waals surface area (Å²) in [7, 11) is 1.66. The molecule has 0 radical (unpaired) electrons. The van der Waals surface area contributed by atoms with Crippen LogP contribution in [-0.4, -0.2) is 12.1 Å². The van der Waals surface area contributed by atoms with E-state index in [2.05, 4.69) is 27.6 Å². The molecule has 0 unspecified atom stereocenters. The first kappa shape index (κ1) is 13.2. The highest BCUT2D eigenvalue weighted by molar-refractivity contribution is 14.1. The third-order valence-corrected chi connectivity index (χ3v) is 3.87. The molecule has 0 N–H and O–H groups in total. The van der Waals surface area contributed by atoms with E-state index in [4.69, 9.17) is 9.47 Å². The van der Waals surface area contributed by atoms with Crippen molar-refractivity contribution in [1.29, 1.82) is 0 Å². The zero-order chi connectivity index (χ0) is 13.9. The molecule has 100 valence electrons. The number of aromatic nitrogens is 1. The first-order valence-corrected chi connectivity index (χ1v) is 7.21. The first-order valence-electron chi connectivity index (χ1n) is 6.13. The van der Waals surface area contributed by atoms with Crippen LogP contribution < -0.4 is 9.47 Å². The van der Waals surface area contributed by atoms with Gasteiger partial charge < -0.3 is 9.47 Å². The fourth-order valence-electron chi connectivity index (χ4n) is 1.97. The van der Waals surface area contributed by atoms with Gasteiger partial charge >= 0.3 is 0 Å². The Morgan fingerprint density at radius 2 is 1.90 bits per heavy atom. The summed E-state index contributed by atoms with van der Waals surface area (Å²) in [6.45, 7) is 0. The highest BCUT2D eigenvalue weighted by Gasteiger charge is 2.07. The molecule has 3 nitrogen and oxygen atoms in total. The van der Waals surface area contributed by atoms with Gasteiger partial charge in [-0.25, -0.2) is 4.98 Å². The standard InChI is InChI=1S/C16H12INO2/c1-19-12-6-7-13-11(10-12)8-9-18-16(13)20-15-5-3-2-4-14(15)17/h2-10H,1H3. The van der Waals surface area contributed by atoms with E-state index < -0.39 is 0 Å². The van der Waals surface area contributed by atoms with Crippen LogP contribution in [0.3, 0.4) is 0 Å². The SMILES string of the molecule is COc1ccc2c(Oc3ccccc3I)nccc2c1. The zero-order valence-corrected chi connectivity index (χ0v) is 13.0. The van der Waals surface area contributed by atoms with Crippen molar-refractivity contribution in [2.45, 2.75) is 0 Å². The molecular formula is C16H12INO2. The van der Waals surface area contributed by atoms with Crippen molar-refractivity contribution in [3.05, 3.63) is 58.3 Å². The van der Waals surface area contributed by atoms with Crippen LogP contribution in [0.1, 0.15) is 0 Å². The van der Waals surface area contributed by atoms with E-state index >= 15 is 0 Å². The topological polar surface area (TPSA) is 31.4 Å². The van der Waals surface area contributed by atoms with E-state index in [1.165, 1.54) is 0 Å². The van der Waals surface area contributed by atoms with Gasteiger partial charge in [-0.2, -0.15) is 0 Å². The molecule has 0 atom stereocenters. The second-order valence-electron chi connectivity index (χ2n) is 4.24. The monoisotopic (exact) mass is 377 g/mol. The molecule has 0 aliphatic carbocycles. The van der Waals surface area contributed by atoms with Crippen LogP contribution in [0.5, 0.6) is 17.4 Å². The van der Waals surface area contributed by atoms with Gasteiger partial charge in [0, 0.05) is 11.6 Å². The molecule has 1 aromatic heterocycles. The highest BCUT2D eigenvalue weighted by atomic mass is 127. The number of fused-ring (bicyclic) bond motifs is 1. The largest absolute Gasteiger partial charge is 0.497 e. The second-order valence-corrected chi connectivity index (χ2v) is 5.40. The lowest BCUT2D eigenvalue weighted by Crippen LogP contribution is -1.91. The van der Waals surface area contributed by atoms with Gasteiger partial charge in [-0.1, -0.05) is 12.1 Å². The lowest BCUT2D eigenvalue weighted by molar-refractivity contribution is 0.415. The Labute approximate surface area is 130 Å². The van der Waals surface area contributed by atoms with Crippen LogP contribution in [0.15, 0.2) is 54.7 Å². The maximum atomic E-state index is 5.94. The maximum Gasteiger partial charge on any atom is 0.227 e. The normalized spacial score (nSPS) is 10.5. The number of rotatable bonds is 3. The first-order chi connectivity index (χ1) is 9.78. The molecule has 0 aliphatic heterocycles. The van der Waals surface area contributed by atoms with Crippen molar-refractivity contribution >= 4 is 33.4 Å². The molecule has 2 aromatic carbocycles. The minimum Gasteiger partial charge on any atom is -0.497 e. The van der Waals surface area contributed by atoms with Crippen molar-refractivity contribution in [2.75, 3.05) is 7.11 Å². The maximum absolute atomic E-state index is 5.94. The van der Waals surface area contributed by atoms with Crippen molar-refractivity contribution in [1.82, 2.24) is 4.98 Å². The summed E-state index contributed by atoms with van der Waals surface area (Å²) >= 11 is 2.25. The number of ether oxygens (including phenoxy) is 2. The van der Waals surface area contributed by atoms with Crippen LogP contribution in [0.25, 0.3) is 10.8 Å². The smallest absolute Gasteiger partial charge is 0.227 e. The molecule has 0 saturated heterocycles. The van der Waals surface area contributed by atoms with E-state index in [1.54, 1.807) is 13.3 Å². The average molecular weight is 377 g/mol. The molecule has 3 rings (SSSR count). The number of pyridine rings is 1.